The zero-order valence-electron chi connectivity index (χ0n) is 10.2. The minimum Gasteiger partial charge on any atom is -0.394 e. The first-order chi connectivity index (χ1) is 8.63. The molecule has 3 N–H and O–H groups in total. The second kappa shape index (κ2) is 5.60. The summed E-state index contributed by atoms with van der Waals surface area (Å²) in [6.45, 7) is 3.24. The van der Waals surface area contributed by atoms with E-state index < -0.39 is 0 Å². The van der Waals surface area contributed by atoms with Gasteiger partial charge in [-0.05, 0) is 19.1 Å². The number of rotatable bonds is 3. The number of thiocarbonyl (C=S) groups is 1. The molecule has 1 aliphatic rings. The predicted molar refractivity (Wildman–Crippen MR) is 73.8 cm³/mol. The largest absolute Gasteiger partial charge is 0.394 e. The van der Waals surface area contributed by atoms with Gasteiger partial charge in [0.05, 0.1) is 25.0 Å². The Hall–Kier alpha value is -1.24. The van der Waals surface area contributed by atoms with Gasteiger partial charge >= 0.3 is 0 Å². The normalized spacial score (nSPS) is 24.0. The summed E-state index contributed by atoms with van der Waals surface area (Å²) in [4.78, 5) is 6.64. The lowest BCUT2D eigenvalue weighted by molar-refractivity contribution is -0.0103. The molecule has 18 heavy (non-hydrogen) atoms. The number of nitrogens with zero attached hydrogens (tertiary/aromatic N) is 2. The molecule has 6 heteroatoms. The summed E-state index contributed by atoms with van der Waals surface area (Å²) in [5.74, 6) is 0. The maximum atomic E-state index is 9.20. The van der Waals surface area contributed by atoms with E-state index in [-0.39, 0.29) is 23.7 Å². The van der Waals surface area contributed by atoms with E-state index in [2.05, 4.69) is 16.8 Å². The van der Waals surface area contributed by atoms with Crippen LogP contribution in [0.2, 0.25) is 0 Å². The van der Waals surface area contributed by atoms with Crippen LogP contribution in [-0.4, -0.2) is 47.0 Å². The third-order valence-electron chi connectivity index (χ3n) is 3.04. The number of aromatic nitrogens is 1. The molecule has 0 aromatic carbocycles. The number of morpholine rings is 1. The van der Waals surface area contributed by atoms with Crippen LogP contribution in [0.5, 0.6) is 0 Å². The van der Waals surface area contributed by atoms with Crippen LogP contribution in [0.3, 0.4) is 0 Å². The summed E-state index contributed by atoms with van der Waals surface area (Å²) in [5.41, 5.74) is 7.22. The molecular weight excluding hydrogens is 250 g/mol. The number of aliphatic hydroxyl groups is 1. The van der Waals surface area contributed by atoms with Crippen molar-refractivity contribution >= 4 is 22.9 Å². The van der Waals surface area contributed by atoms with Gasteiger partial charge in [-0.25, -0.2) is 0 Å². The molecule has 2 unspecified atom stereocenters. The lowest BCUT2D eigenvalue weighted by Gasteiger charge is -2.39. The predicted octanol–water partition coefficient (Wildman–Crippen LogP) is 0.302. The highest BCUT2D eigenvalue weighted by Crippen LogP contribution is 2.24. The van der Waals surface area contributed by atoms with Crippen molar-refractivity contribution in [2.45, 2.75) is 19.1 Å². The Morgan fingerprint density at radius 3 is 3.17 bits per heavy atom. The van der Waals surface area contributed by atoms with Gasteiger partial charge < -0.3 is 20.5 Å². The van der Waals surface area contributed by atoms with Gasteiger partial charge in [0.1, 0.15) is 10.7 Å². The average Bonchev–Trinajstić information content (AvgIpc) is 2.39. The van der Waals surface area contributed by atoms with Crippen molar-refractivity contribution in [2.24, 2.45) is 5.73 Å². The molecule has 1 saturated heterocycles. The van der Waals surface area contributed by atoms with Gasteiger partial charge in [0.2, 0.25) is 0 Å². The van der Waals surface area contributed by atoms with Gasteiger partial charge in [0, 0.05) is 18.8 Å². The third-order valence-corrected chi connectivity index (χ3v) is 3.23. The number of pyridine rings is 1. The number of hydrogen-bond donors (Lipinski definition) is 2. The molecule has 0 spiro atoms. The molecule has 0 amide bonds. The fraction of sp³-hybridized carbons (Fsp3) is 0.500. The summed E-state index contributed by atoms with van der Waals surface area (Å²) < 4.78 is 5.52. The van der Waals surface area contributed by atoms with Crippen LogP contribution in [0.1, 0.15) is 12.6 Å². The van der Waals surface area contributed by atoms with Crippen molar-refractivity contribution in [3.8, 4) is 0 Å². The molecule has 0 bridgehead atoms. The quantitative estimate of drug-likeness (QED) is 0.768. The first-order valence-corrected chi connectivity index (χ1v) is 6.28. The topological polar surface area (TPSA) is 71.6 Å². The standard InChI is InChI=1S/C12H17N3O2S/c1-8-7-17-9(6-16)5-15(8)10-3-2-4-14-11(10)12(13)18/h2-4,8-9,16H,5-7H2,1H3,(H2,13,18). The Morgan fingerprint density at radius 1 is 1.72 bits per heavy atom. The van der Waals surface area contributed by atoms with Crippen LogP contribution in [0.25, 0.3) is 0 Å². The van der Waals surface area contributed by atoms with Crippen LogP contribution < -0.4 is 10.6 Å². The number of ether oxygens (including phenoxy) is 1. The van der Waals surface area contributed by atoms with Crippen molar-refractivity contribution in [1.29, 1.82) is 0 Å². The second-order valence-electron chi connectivity index (χ2n) is 4.37. The maximum absolute atomic E-state index is 9.20. The summed E-state index contributed by atoms with van der Waals surface area (Å²) in [7, 11) is 0. The summed E-state index contributed by atoms with van der Waals surface area (Å²) >= 11 is 5.02. The van der Waals surface area contributed by atoms with Gasteiger partial charge in [-0.3, -0.25) is 4.98 Å². The third kappa shape index (κ3) is 2.60. The van der Waals surface area contributed by atoms with Gasteiger partial charge in [-0.1, -0.05) is 12.2 Å². The van der Waals surface area contributed by atoms with E-state index in [4.69, 9.17) is 22.7 Å². The average molecular weight is 267 g/mol. The van der Waals surface area contributed by atoms with E-state index in [1.54, 1.807) is 6.20 Å². The van der Waals surface area contributed by atoms with Crippen LogP contribution in [0, 0.1) is 0 Å². The Morgan fingerprint density at radius 2 is 2.50 bits per heavy atom. The summed E-state index contributed by atoms with van der Waals surface area (Å²) in [6.07, 6.45) is 1.49. The maximum Gasteiger partial charge on any atom is 0.124 e. The SMILES string of the molecule is CC1COC(CO)CN1c1cccnc1C(N)=S. The molecule has 5 nitrogen and oxygen atoms in total. The summed E-state index contributed by atoms with van der Waals surface area (Å²) in [6, 6.07) is 4.00. The Labute approximate surface area is 112 Å². The monoisotopic (exact) mass is 267 g/mol. The molecule has 0 radical (unpaired) electrons. The van der Waals surface area contributed by atoms with E-state index in [0.29, 0.717) is 18.8 Å². The highest BCUT2D eigenvalue weighted by molar-refractivity contribution is 7.80. The highest BCUT2D eigenvalue weighted by Gasteiger charge is 2.27. The number of nitrogens with two attached hydrogens (primary N) is 1. The van der Waals surface area contributed by atoms with E-state index in [0.717, 1.165) is 5.69 Å². The fourth-order valence-electron chi connectivity index (χ4n) is 2.08. The van der Waals surface area contributed by atoms with Gasteiger partial charge in [-0.15, -0.1) is 0 Å². The molecule has 0 saturated carbocycles. The highest BCUT2D eigenvalue weighted by atomic mass is 32.1. The molecule has 0 aliphatic carbocycles. The number of aliphatic hydroxyl groups excluding tert-OH is 1. The van der Waals surface area contributed by atoms with Crippen LogP contribution in [-0.2, 0) is 4.74 Å². The van der Waals surface area contributed by atoms with Crippen LogP contribution in [0.4, 0.5) is 5.69 Å². The number of anilines is 1. The summed E-state index contributed by atoms with van der Waals surface area (Å²) in [5, 5.41) is 9.20. The van der Waals surface area contributed by atoms with E-state index in [1.807, 2.05) is 12.1 Å². The lowest BCUT2D eigenvalue weighted by atomic mass is 10.1. The smallest absolute Gasteiger partial charge is 0.124 e. The van der Waals surface area contributed by atoms with Gasteiger partial charge in [-0.2, -0.15) is 0 Å². The van der Waals surface area contributed by atoms with E-state index >= 15 is 0 Å². The first kappa shape index (κ1) is 13.2. The molecule has 1 aliphatic heterocycles. The molecule has 2 atom stereocenters. The minimum atomic E-state index is -0.180. The Bertz CT molecular complexity index is 441. The Balaban J connectivity index is 2.31. The second-order valence-corrected chi connectivity index (χ2v) is 4.81. The van der Waals surface area contributed by atoms with Crippen LogP contribution in [0.15, 0.2) is 18.3 Å². The van der Waals surface area contributed by atoms with Crippen molar-refractivity contribution in [2.75, 3.05) is 24.7 Å². The van der Waals surface area contributed by atoms with E-state index in [1.165, 1.54) is 0 Å². The lowest BCUT2D eigenvalue weighted by Crippen LogP contribution is -2.50. The van der Waals surface area contributed by atoms with Gasteiger partial charge in [0.15, 0.2) is 0 Å². The zero-order chi connectivity index (χ0) is 13.1. The van der Waals surface area contributed by atoms with E-state index in [9.17, 15) is 5.11 Å². The molecule has 98 valence electrons. The van der Waals surface area contributed by atoms with Crippen molar-refractivity contribution < 1.29 is 9.84 Å². The molecule has 1 aromatic heterocycles. The number of hydrogen-bond acceptors (Lipinski definition) is 5. The van der Waals surface area contributed by atoms with Crippen molar-refractivity contribution in [1.82, 2.24) is 4.98 Å². The molecule has 1 aromatic rings. The fourth-order valence-corrected chi connectivity index (χ4v) is 2.24. The Kier molecular flexibility index (Phi) is 4.11. The molecule has 2 rings (SSSR count). The van der Waals surface area contributed by atoms with Crippen molar-refractivity contribution in [3.05, 3.63) is 24.0 Å². The van der Waals surface area contributed by atoms with Gasteiger partial charge in [0.25, 0.3) is 0 Å². The molecule has 1 fully saturated rings. The molecule has 2 heterocycles. The minimum absolute atomic E-state index is 0.00584. The van der Waals surface area contributed by atoms with Crippen molar-refractivity contribution in [3.63, 3.8) is 0 Å². The molecular formula is C12H17N3O2S. The zero-order valence-corrected chi connectivity index (χ0v) is 11.1. The van der Waals surface area contributed by atoms with Crippen LogP contribution >= 0.6 is 12.2 Å². The first-order valence-electron chi connectivity index (χ1n) is 5.87.